The maximum Gasteiger partial charge on any atom is 0.146 e. The zero-order valence-electron chi connectivity index (χ0n) is 11.1. The second kappa shape index (κ2) is 7.40. The van der Waals surface area contributed by atoms with E-state index in [1.165, 1.54) is 6.07 Å². The number of rotatable bonds is 6. The smallest absolute Gasteiger partial charge is 0.146 e. The molecule has 5 heteroatoms. The summed E-state index contributed by atoms with van der Waals surface area (Å²) in [6.45, 7) is 6.08. The highest BCUT2D eigenvalue weighted by Crippen LogP contribution is 2.15. The van der Waals surface area contributed by atoms with E-state index < -0.39 is 11.6 Å². The van der Waals surface area contributed by atoms with Crippen molar-refractivity contribution in [2.75, 3.05) is 44.6 Å². The molecular weight excluding hydrogens is 248 g/mol. The summed E-state index contributed by atoms with van der Waals surface area (Å²) < 4.78 is 26.3. The van der Waals surface area contributed by atoms with Crippen LogP contribution in [0.3, 0.4) is 0 Å². The van der Waals surface area contributed by atoms with Gasteiger partial charge in [0.25, 0.3) is 0 Å². The van der Waals surface area contributed by atoms with Crippen molar-refractivity contribution in [2.24, 2.45) is 0 Å². The van der Waals surface area contributed by atoms with E-state index in [1.807, 2.05) is 0 Å². The molecule has 1 aromatic carbocycles. The fourth-order valence-corrected chi connectivity index (χ4v) is 2.25. The lowest BCUT2D eigenvalue weighted by Gasteiger charge is -2.27. The van der Waals surface area contributed by atoms with Crippen molar-refractivity contribution in [3.05, 3.63) is 29.8 Å². The van der Waals surface area contributed by atoms with Gasteiger partial charge in [0.2, 0.25) is 0 Å². The van der Waals surface area contributed by atoms with E-state index in [9.17, 15) is 8.78 Å². The Balaban J connectivity index is 1.62. The lowest BCUT2D eigenvalue weighted by molar-refractivity contribution is 0.237. The van der Waals surface area contributed by atoms with E-state index in [0.29, 0.717) is 6.54 Å². The van der Waals surface area contributed by atoms with Gasteiger partial charge in [-0.2, -0.15) is 0 Å². The van der Waals surface area contributed by atoms with Crippen LogP contribution in [0, 0.1) is 11.6 Å². The van der Waals surface area contributed by atoms with E-state index in [-0.39, 0.29) is 5.69 Å². The first-order chi connectivity index (χ1) is 9.25. The van der Waals surface area contributed by atoms with Crippen molar-refractivity contribution >= 4 is 5.69 Å². The summed E-state index contributed by atoms with van der Waals surface area (Å²) in [7, 11) is 0. The molecule has 1 saturated heterocycles. The quantitative estimate of drug-likeness (QED) is 0.774. The Morgan fingerprint density at radius 3 is 2.74 bits per heavy atom. The molecule has 2 N–H and O–H groups in total. The molecule has 0 unspecified atom stereocenters. The number of benzene rings is 1. The van der Waals surface area contributed by atoms with Gasteiger partial charge in [0, 0.05) is 32.7 Å². The summed E-state index contributed by atoms with van der Waals surface area (Å²) in [5.41, 5.74) is 0.252. The van der Waals surface area contributed by atoms with Crippen molar-refractivity contribution in [3.8, 4) is 0 Å². The van der Waals surface area contributed by atoms with E-state index in [4.69, 9.17) is 0 Å². The molecule has 0 atom stereocenters. The summed E-state index contributed by atoms with van der Waals surface area (Å²) in [6.07, 6.45) is 2.03. The van der Waals surface area contributed by atoms with Gasteiger partial charge in [-0.25, -0.2) is 8.78 Å². The minimum absolute atomic E-state index is 0.252. The van der Waals surface area contributed by atoms with Crippen molar-refractivity contribution in [3.63, 3.8) is 0 Å². The fraction of sp³-hybridized carbons (Fsp3) is 0.571. The number of nitrogens with zero attached hydrogens (tertiary/aromatic N) is 1. The number of unbranched alkanes of at least 4 members (excludes halogenated alkanes) is 1. The number of halogens is 2. The predicted molar refractivity (Wildman–Crippen MR) is 73.4 cm³/mol. The van der Waals surface area contributed by atoms with Gasteiger partial charge in [-0.1, -0.05) is 0 Å². The molecule has 0 aromatic heterocycles. The van der Waals surface area contributed by atoms with Crippen LogP contribution >= 0.6 is 0 Å². The first-order valence-corrected chi connectivity index (χ1v) is 6.88. The lowest BCUT2D eigenvalue weighted by atomic mass is 10.2. The number of nitrogens with one attached hydrogen (secondary N) is 2. The Bertz CT molecular complexity index is 392. The molecule has 1 aliphatic heterocycles. The molecule has 1 fully saturated rings. The van der Waals surface area contributed by atoms with Crippen LogP contribution in [0.5, 0.6) is 0 Å². The molecule has 19 heavy (non-hydrogen) atoms. The Labute approximate surface area is 113 Å². The molecule has 3 nitrogen and oxygen atoms in total. The zero-order chi connectivity index (χ0) is 13.5. The Morgan fingerprint density at radius 2 is 1.95 bits per heavy atom. The van der Waals surface area contributed by atoms with Crippen molar-refractivity contribution in [2.45, 2.75) is 12.8 Å². The van der Waals surface area contributed by atoms with E-state index in [1.54, 1.807) is 0 Å². The summed E-state index contributed by atoms with van der Waals surface area (Å²) in [6, 6.07) is 3.48. The molecule has 0 spiro atoms. The molecule has 1 aromatic rings. The number of hydrogen-bond acceptors (Lipinski definition) is 3. The lowest BCUT2D eigenvalue weighted by Crippen LogP contribution is -2.43. The third-order valence-corrected chi connectivity index (χ3v) is 3.35. The van der Waals surface area contributed by atoms with Gasteiger partial charge in [-0.3, -0.25) is 0 Å². The van der Waals surface area contributed by atoms with Gasteiger partial charge in [0.1, 0.15) is 11.6 Å². The standard InChI is InChI=1S/C14H21F2N3/c15-12-3-4-13(16)14(11-12)18-5-1-2-8-19-9-6-17-7-10-19/h3-4,11,17-18H,1-2,5-10H2. The third-order valence-electron chi connectivity index (χ3n) is 3.35. The Kier molecular flexibility index (Phi) is 5.54. The topological polar surface area (TPSA) is 27.3 Å². The monoisotopic (exact) mass is 269 g/mol. The van der Waals surface area contributed by atoms with Gasteiger partial charge in [-0.05, 0) is 37.6 Å². The highest BCUT2D eigenvalue weighted by atomic mass is 19.1. The molecule has 2 rings (SSSR count). The molecular formula is C14H21F2N3. The highest BCUT2D eigenvalue weighted by molar-refractivity contribution is 5.44. The molecule has 0 aliphatic carbocycles. The van der Waals surface area contributed by atoms with Gasteiger partial charge in [0.05, 0.1) is 5.69 Å². The first-order valence-electron chi connectivity index (χ1n) is 6.88. The first kappa shape index (κ1) is 14.2. The van der Waals surface area contributed by atoms with Crippen LogP contribution in [0.25, 0.3) is 0 Å². The summed E-state index contributed by atoms with van der Waals surface area (Å²) in [5.74, 6) is -0.812. The second-order valence-electron chi connectivity index (χ2n) is 4.85. The third kappa shape index (κ3) is 4.76. The van der Waals surface area contributed by atoms with E-state index in [2.05, 4.69) is 15.5 Å². The molecule has 106 valence electrons. The molecule has 0 bridgehead atoms. The summed E-state index contributed by atoms with van der Waals surface area (Å²) >= 11 is 0. The van der Waals surface area contributed by atoms with Crippen LogP contribution < -0.4 is 10.6 Å². The maximum absolute atomic E-state index is 13.3. The van der Waals surface area contributed by atoms with Gasteiger partial charge < -0.3 is 15.5 Å². The fourth-order valence-electron chi connectivity index (χ4n) is 2.25. The molecule has 0 radical (unpaired) electrons. The van der Waals surface area contributed by atoms with Gasteiger partial charge in [0.15, 0.2) is 0 Å². The predicted octanol–water partition coefficient (Wildman–Crippen LogP) is 2.06. The SMILES string of the molecule is Fc1ccc(F)c(NCCCCN2CCNCC2)c1. The largest absolute Gasteiger partial charge is 0.383 e. The van der Waals surface area contributed by atoms with Crippen molar-refractivity contribution in [1.82, 2.24) is 10.2 Å². The van der Waals surface area contributed by atoms with Crippen molar-refractivity contribution < 1.29 is 8.78 Å². The van der Waals surface area contributed by atoms with Crippen LogP contribution in [0.1, 0.15) is 12.8 Å². The second-order valence-corrected chi connectivity index (χ2v) is 4.85. The van der Waals surface area contributed by atoms with Crippen molar-refractivity contribution in [1.29, 1.82) is 0 Å². The average Bonchev–Trinajstić information content (AvgIpc) is 2.43. The van der Waals surface area contributed by atoms with Crippen LogP contribution in [0.2, 0.25) is 0 Å². The summed E-state index contributed by atoms with van der Waals surface area (Å²) in [5, 5.41) is 6.26. The molecule has 1 heterocycles. The summed E-state index contributed by atoms with van der Waals surface area (Å²) in [4.78, 5) is 2.43. The molecule has 0 saturated carbocycles. The number of anilines is 1. The van der Waals surface area contributed by atoms with E-state index >= 15 is 0 Å². The zero-order valence-corrected chi connectivity index (χ0v) is 11.1. The van der Waals surface area contributed by atoms with Crippen LogP contribution in [0.15, 0.2) is 18.2 Å². The van der Waals surface area contributed by atoms with Gasteiger partial charge >= 0.3 is 0 Å². The normalized spacial score (nSPS) is 16.5. The van der Waals surface area contributed by atoms with Gasteiger partial charge in [-0.15, -0.1) is 0 Å². The van der Waals surface area contributed by atoms with Crippen LogP contribution in [-0.2, 0) is 0 Å². The minimum atomic E-state index is -0.412. The van der Waals surface area contributed by atoms with Crippen LogP contribution in [-0.4, -0.2) is 44.2 Å². The number of hydrogen-bond donors (Lipinski definition) is 2. The molecule has 0 amide bonds. The molecule has 1 aliphatic rings. The number of piperazine rings is 1. The average molecular weight is 269 g/mol. The van der Waals surface area contributed by atoms with E-state index in [0.717, 1.165) is 57.7 Å². The minimum Gasteiger partial charge on any atom is -0.383 e. The van der Waals surface area contributed by atoms with Crippen LogP contribution in [0.4, 0.5) is 14.5 Å². The Morgan fingerprint density at radius 1 is 1.16 bits per heavy atom. The maximum atomic E-state index is 13.3. The Hall–Kier alpha value is -1.20. The highest BCUT2D eigenvalue weighted by Gasteiger charge is 2.08.